The fourth-order valence-corrected chi connectivity index (χ4v) is 4.77. The monoisotopic (exact) mass is 382 g/mol. The van der Waals surface area contributed by atoms with E-state index in [1.165, 1.54) is 28.2 Å². The highest BCUT2D eigenvalue weighted by molar-refractivity contribution is 7.19. The Kier molecular flexibility index (Phi) is 4.09. The second-order valence-electron chi connectivity index (χ2n) is 6.75. The van der Waals surface area contributed by atoms with Gasteiger partial charge in [-0.1, -0.05) is 29.8 Å². The molecule has 0 unspecified atom stereocenters. The molecule has 0 atom stereocenters. The summed E-state index contributed by atoms with van der Waals surface area (Å²) in [5.74, 6) is 0.775. The van der Waals surface area contributed by atoms with Gasteiger partial charge >= 0.3 is 7.12 Å². The Morgan fingerprint density at radius 1 is 1.19 bits per heavy atom. The van der Waals surface area contributed by atoms with E-state index in [1.54, 1.807) is 0 Å². The molecule has 7 heteroatoms. The van der Waals surface area contributed by atoms with Crippen molar-refractivity contribution in [2.75, 3.05) is 0 Å². The molecular weight excluding hydrogens is 367 g/mol. The SMILES string of the molecule is OB1OCc2cc(Cc3nc(-c4ccc(Cl)s4)nc4c3CCC4)ccc21. The number of hydrogen-bond acceptors (Lipinski definition) is 5. The van der Waals surface area contributed by atoms with Crippen molar-refractivity contribution < 1.29 is 9.68 Å². The van der Waals surface area contributed by atoms with E-state index in [0.717, 1.165) is 57.4 Å². The Hall–Kier alpha value is -1.73. The van der Waals surface area contributed by atoms with Gasteiger partial charge in [0.1, 0.15) is 0 Å². The van der Waals surface area contributed by atoms with Crippen LogP contribution in [0.5, 0.6) is 0 Å². The molecule has 130 valence electrons. The van der Waals surface area contributed by atoms with Crippen LogP contribution in [-0.2, 0) is 30.5 Å². The minimum absolute atomic E-state index is 0.463. The van der Waals surface area contributed by atoms with E-state index in [1.807, 2.05) is 18.2 Å². The Bertz CT molecular complexity index is 1010. The summed E-state index contributed by atoms with van der Waals surface area (Å²) in [5.41, 5.74) is 6.69. The van der Waals surface area contributed by atoms with E-state index >= 15 is 0 Å². The van der Waals surface area contributed by atoms with Crippen LogP contribution in [0.25, 0.3) is 10.7 Å². The molecule has 5 rings (SSSR count). The zero-order chi connectivity index (χ0) is 17.7. The minimum atomic E-state index is -0.794. The summed E-state index contributed by atoms with van der Waals surface area (Å²) in [4.78, 5) is 10.7. The topological polar surface area (TPSA) is 55.2 Å². The largest absolute Gasteiger partial charge is 0.491 e. The highest BCUT2D eigenvalue weighted by Crippen LogP contribution is 2.32. The summed E-state index contributed by atoms with van der Waals surface area (Å²) in [5, 5.41) is 9.80. The predicted molar refractivity (Wildman–Crippen MR) is 104 cm³/mol. The van der Waals surface area contributed by atoms with Gasteiger partial charge in [0.2, 0.25) is 0 Å². The third kappa shape index (κ3) is 2.87. The predicted octanol–water partition coefficient (Wildman–Crippen LogP) is 3.16. The third-order valence-corrected chi connectivity index (χ3v) is 6.28. The van der Waals surface area contributed by atoms with Crippen molar-refractivity contribution in [1.29, 1.82) is 0 Å². The first-order chi connectivity index (χ1) is 12.7. The van der Waals surface area contributed by atoms with Gasteiger partial charge in [0.05, 0.1) is 21.5 Å². The fraction of sp³-hybridized carbons (Fsp3) is 0.263. The summed E-state index contributed by atoms with van der Waals surface area (Å²) in [6.07, 6.45) is 3.96. The molecule has 26 heavy (non-hydrogen) atoms. The standard InChI is InChI=1S/C19H16BClN2O2S/c21-18-7-6-17(26-18)19-22-15-3-1-2-13(15)16(23-19)9-11-4-5-14-12(8-11)10-25-20(14)24/h4-8,24H,1-3,9-10H2. The maximum Gasteiger partial charge on any atom is 0.491 e. The molecule has 0 radical (unpaired) electrons. The summed E-state index contributed by atoms with van der Waals surface area (Å²) < 4.78 is 6.05. The molecule has 3 aromatic rings. The number of thiophene rings is 1. The molecule has 0 bridgehead atoms. The van der Waals surface area contributed by atoms with Crippen LogP contribution in [0.3, 0.4) is 0 Å². The van der Waals surface area contributed by atoms with Crippen LogP contribution in [0, 0.1) is 0 Å². The average Bonchev–Trinajstić information content (AvgIpc) is 3.35. The molecule has 2 aromatic heterocycles. The fourth-order valence-electron chi connectivity index (χ4n) is 3.79. The Morgan fingerprint density at radius 3 is 2.96 bits per heavy atom. The van der Waals surface area contributed by atoms with Crippen LogP contribution in [0.4, 0.5) is 0 Å². The van der Waals surface area contributed by atoms with E-state index < -0.39 is 7.12 Å². The Balaban J connectivity index is 1.53. The number of hydrogen-bond donors (Lipinski definition) is 1. The average molecular weight is 383 g/mol. The lowest BCUT2D eigenvalue weighted by Gasteiger charge is -2.10. The zero-order valence-corrected chi connectivity index (χ0v) is 15.6. The molecule has 1 N–H and O–H groups in total. The molecule has 2 aliphatic rings. The maximum atomic E-state index is 9.80. The van der Waals surface area contributed by atoms with Crippen molar-refractivity contribution in [3.8, 4) is 10.7 Å². The number of fused-ring (bicyclic) bond motifs is 2. The second-order valence-corrected chi connectivity index (χ2v) is 8.46. The van der Waals surface area contributed by atoms with Gasteiger partial charge in [-0.05, 0) is 53.5 Å². The van der Waals surface area contributed by atoms with Gasteiger partial charge < -0.3 is 9.68 Å². The highest BCUT2D eigenvalue weighted by atomic mass is 35.5. The first kappa shape index (κ1) is 16.4. The first-order valence-electron chi connectivity index (χ1n) is 8.73. The molecular formula is C19H16BClN2O2S. The molecule has 0 amide bonds. The smallest absolute Gasteiger partial charge is 0.423 e. The zero-order valence-electron chi connectivity index (χ0n) is 14.0. The van der Waals surface area contributed by atoms with Crippen LogP contribution in [0.15, 0.2) is 30.3 Å². The van der Waals surface area contributed by atoms with E-state index in [9.17, 15) is 5.02 Å². The Morgan fingerprint density at radius 2 is 2.12 bits per heavy atom. The van der Waals surface area contributed by atoms with Crippen LogP contribution in [0.2, 0.25) is 4.34 Å². The van der Waals surface area contributed by atoms with E-state index in [2.05, 4.69) is 12.1 Å². The molecule has 1 aliphatic heterocycles. The second kappa shape index (κ2) is 6.46. The lowest BCUT2D eigenvalue weighted by atomic mass is 9.79. The van der Waals surface area contributed by atoms with Crippen LogP contribution in [0.1, 0.15) is 34.5 Å². The maximum absolute atomic E-state index is 9.80. The molecule has 1 aliphatic carbocycles. The molecule has 1 aromatic carbocycles. The van der Waals surface area contributed by atoms with Gasteiger partial charge in [-0.15, -0.1) is 11.3 Å². The number of nitrogens with zero attached hydrogens (tertiary/aromatic N) is 2. The van der Waals surface area contributed by atoms with Crippen molar-refractivity contribution in [3.63, 3.8) is 0 Å². The van der Waals surface area contributed by atoms with Crippen molar-refractivity contribution in [1.82, 2.24) is 9.97 Å². The van der Waals surface area contributed by atoms with Gasteiger partial charge in [0.15, 0.2) is 5.82 Å². The van der Waals surface area contributed by atoms with Crippen molar-refractivity contribution in [2.45, 2.75) is 32.3 Å². The Labute approximate surface area is 161 Å². The number of rotatable bonds is 3. The number of aryl methyl sites for hydroxylation is 1. The van der Waals surface area contributed by atoms with Gasteiger partial charge in [-0.2, -0.15) is 0 Å². The molecule has 4 nitrogen and oxygen atoms in total. The van der Waals surface area contributed by atoms with Crippen molar-refractivity contribution >= 4 is 35.5 Å². The minimum Gasteiger partial charge on any atom is -0.423 e. The van der Waals surface area contributed by atoms with Crippen LogP contribution < -0.4 is 5.46 Å². The van der Waals surface area contributed by atoms with Gasteiger partial charge in [-0.25, -0.2) is 9.97 Å². The number of aromatic nitrogens is 2. The van der Waals surface area contributed by atoms with Gasteiger partial charge in [-0.3, -0.25) is 0 Å². The molecule has 0 saturated heterocycles. The highest BCUT2D eigenvalue weighted by Gasteiger charge is 2.27. The van der Waals surface area contributed by atoms with Crippen molar-refractivity contribution in [3.05, 3.63) is 62.7 Å². The number of halogens is 1. The summed E-state index contributed by atoms with van der Waals surface area (Å²) in [6.45, 7) is 0.463. The van der Waals surface area contributed by atoms with E-state index in [-0.39, 0.29) is 0 Å². The summed E-state index contributed by atoms with van der Waals surface area (Å²) in [6, 6.07) is 10.0. The molecule has 0 fully saturated rings. The lowest BCUT2D eigenvalue weighted by molar-refractivity contribution is 0.275. The van der Waals surface area contributed by atoms with Crippen LogP contribution in [-0.4, -0.2) is 22.1 Å². The normalized spacial score (nSPS) is 15.4. The van der Waals surface area contributed by atoms with Gasteiger partial charge in [0, 0.05) is 12.1 Å². The van der Waals surface area contributed by atoms with E-state index in [0.29, 0.717) is 6.61 Å². The quantitative estimate of drug-likeness (QED) is 0.707. The lowest BCUT2D eigenvalue weighted by Crippen LogP contribution is -2.27. The molecule has 0 spiro atoms. The summed E-state index contributed by atoms with van der Waals surface area (Å²) in [7, 11) is -0.794. The molecule has 0 saturated carbocycles. The number of benzene rings is 1. The third-order valence-electron chi connectivity index (χ3n) is 5.05. The summed E-state index contributed by atoms with van der Waals surface area (Å²) >= 11 is 7.61. The van der Waals surface area contributed by atoms with Crippen molar-refractivity contribution in [2.24, 2.45) is 0 Å². The first-order valence-corrected chi connectivity index (χ1v) is 9.92. The van der Waals surface area contributed by atoms with E-state index in [4.69, 9.17) is 26.2 Å². The van der Waals surface area contributed by atoms with Crippen LogP contribution >= 0.6 is 22.9 Å². The van der Waals surface area contributed by atoms with Gasteiger partial charge in [0.25, 0.3) is 0 Å². The molecule has 3 heterocycles.